The van der Waals surface area contributed by atoms with E-state index in [1.54, 1.807) is 0 Å². The van der Waals surface area contributed by atoms with E-state index in [-0.39, 0.29) is 13.2 Å². The number of likely N-dealkylation sites (N-methyl/N-ethyl adjacent to an activating group) is 2. The second-order valence-corrected chi connectivity index (χ2v) is 17.8. The zero-order chi connectivity index (χ0) is 26.7. The molecule has 0 fully saturated rings. The fraction of sp³-hybridized carbons (Fsp3) is 0.667. The molecule has 0 aromatic heterocycles. The monoisotopic (exact) mass is 606 g/mol. The number of rotatable bonds is 18. The van der Waals surface area contributed by atoms with Crippen molar-refractivity contribution in [2.45, 2.75) is 48.4 Å². The molecular formula is C24H42N2O8Sn. The molecular weight excluding hydrogens is 563 g/mol. The van der Waals surface area contributed by atoms with Gasteiger partial charge in [-0.3, -0.25) is 0 Å². The molecule has 200 valence electrons. The van der Waals surface area contributed by atoms with Crippen molar-refractivity contribution in [3.63, 3.8) is 0 Å². The summed E-state index contributed by atoms with van der Waals surface area (Å²) in [5.41, 5.74) is 0. The Kier molecular flexibility index (Phi) is 18.2. The number of carbonyl (C=O) groups is 4. The van der Waals surface area contributed by atoms with Gasteiger partial charge in [0.15, 0.2) is 0 Å². The molecule has 0 amide bonds. The van der Waals surface area contributed by atoms with Gasteiger partial charge >= 0.3 is 215 Å². The first-order valence-corrected chi connectivity index (χ1v) is 18.3. The molecule has 0 aromatic rings. The topological polar surface area (TPSA) is 112 Å². The Bertz CT molecular complexity index is 662. The Hall–Kier alpha value is -1.92. The van der Waals surface area contributed by atoms with Gasteiger partial charge in [0.25, 0.3) is 0 Å². The summed E-state index contributed by atoms with van der Waals surface area (Å²) < 4.78 is 22.6. The van der Waals surface area contributed by atoms with Crippen LogP contribution >= 0.6 is 0 Å². The Labute approximate surface area is 214 Å². The Morgan fingerprint density at radius 1 is 0.629 bits per heavy atom. The van der Waals surface area contributed by atoms with Crippen LogP contribution in [0.1, 0.15) is 39.5 Å². The van der Waals surface area contributed by atoms with E-state index < -0.39 is 43.1 Å². The zero-order valence-corrected chi connectivity index (χ0v) is 24.9. The molecule has 0 spiro atoms. The van der Waals surface area contributed by atoms with Crippen molar-refractivity contribution in [1.29, 1.82) is 0 Å². The van der Waals surface area contributed by atoms with Crippen LogP contribution in [0.3, 0.4) is 0 Å². The predicted molar refractivity (Wildman–Crippen MR) is 135 cm³/mol. The molecule has 0 bridgehead atoms. The standard InChI is InChI=1S/2C8H13NO4.2C4H9.Sn/c2*1-9(2)5-6-13-8(12)4-3-7(10)11;2*1-3-4-2;/h2*3-4H,5-6H2,1-2H3,(H,10,11);2*1,3-4H2,2H3;/q;;;;+2/p-2. The van der Waals surface area contributed by atoms with E-state index in [2.05, 4.69) is 0 Å². The molecule has 11 heteroatoms. The van der Waals surface area contributed by atoms with Gasteiger partial charge in [-0.15, -0.1) is 0 Å². The second kappa shape index (κ2) is 19.3. The number of ether oxygens (including phenoxy) is 2. The van der Waals surface area contributed by atoms with Crippen LogP contribution < -0.4 is 0 Å². The molecule has 0 radical (unpaired) electrons. The van der Waals surface area contributed by atoms with E-state index in [1.165, 1.54) is 0 Å². The summed E-state index contributed by atoms with van der Waals surface area (Å²) in [4.78, 5) is 52.4. The first-order valence-electron chi connectivity index (χ1n) is 12.0. The van der Waals surface area contributed by atoms with Crippen LogP contribution in [0.2, 0.25) is 8.87 Å². The van der Waals surface area contributed by atoms with Gasteiger partial charge in [0, 0.05) is 0 Å². The van der Waals surface area contributed by atoms with E-state index in [0.29, 0.717) is 22.0 Å². The molecule has 0 atom stereocenters. The van der Waals surface area contributed by atoms with Crippen molar-refractivity contribution >= 4 is 43.1 Å². The van der Waals surface area contributed by atoms with E-state index in [9.17, 15) is 19.2 Å². The van der Waals surface area contributed by atoms with Crippen LogP contribution in [-0.4, -0.2) is 107 Å². The minimum atomic E-state index is -4.22. The van der Waals surface area contributed by atoms with Crippen molar-refractivity contribution in [2.75, 3.05) is 54.5 Å². The van der Waals surface area contributed by atoms with Gasteiger partial charge in [-0.05, 0) is 0 Å². The summed E-state index contributed by atoms with van der Waals surface area (Å²) in [5, 5.41) is 0. The molecule has 0 heterocycles. The molecule has 0 rings (SSSR count). The van der Waals surface area contributed by atoms with Crippen molar-refractivity contribution in [3.05, 3.63) is 24.3 Å². The molecule has 35 heavy (non-hydrogen) atoms. The van der Waals surface area contributed by atoms with Crippen LogP contribution in [0.4, 0.5) is 0 Å². The molecule has 0 aliphatic rings. The maximum atomic E-state index is 12.5. The summed E-state index contributed by atoms with van der Waals surface area (Å²) in [6, 6.07) is 0. The Morgan fingerprint density at radius 3 is 1.29 bits per heavy atom. The number of nitrogens with zero attached hydrogens (tertiary/aromatic N) is 2. The quantitative estimate of drug-likeness (QED) is 0.131. The zero-order valence-electron chi connectivity index (χ0n) is 22.0. The van der Waals surface area contributed by atoms with Gasteiger partial charge in [-0.1, -0.05) is 0 Å². The molecule has 0 aliphatic heterocycles. The van der Waals surface area contributed by atoms with E-state index in [1.807, 2.05) is 51.8 Å². The summed E-state index contributed by atoms with van der Waals surface area (Å²) in [5.74, 6) is -2.78. The molecule has 0 aliphatic carbocycles. The summed E-state index contributed by atoms with van der Waals surface area (Å²) in [7, 11) is 7.41. The number of hydrogen-bond acceptors (Lipinski definition) is 10. The summed E-state index contributed by atoms with van der Waals surface area (Å²) in [6.07, 6.45) is 7.17. The molecule has 10 nitrogen and oxygen atoms in total. The summed E-state index contributed by atoms with van der Waals surface area (Å²) >= 11 is -4.22. The van der Waals surface area contributed by atoms with Gasteiger partial charge in [-0.2, -0.15) is 0 Å². The van der Waals surface area contributed by atoms with Crippen LogP contribution in [0.15, 0.2) is 24.3 Å². The maximum absolute atomic E-state index is 12.5. The van der Waals surface area contributed by atoms with Crippen LogP contribution in [0.25, 0.3) is 0 Å². The third-order valence-electron chi connectivity index (χ3n) is 4.67. The van der Waals surface area contributed by atoms with Crippen LogP contribution in [0, 0.1) is 0 Å². The van der Waals surface area contributed by atoms with Gasteiger partial charge in [0.1, 0.15) is 0 Å². The summed E-state index contributed by atoms with van der Waals surface area (Å²) in [6.45, 7) is 5.50. The van der Waals surface area contributed by atoms with Gasteiger partial charge in [-0.25, -0.2) is 0 Å². The van der Waals surface area contributed by atoms with Gasteiger partial charge < -0.3 is 0 Å². The number of carbonyl (C=O) groups excluding carboxylic acids is 4. The Balaban J connectivity index is 5.25. The molecule has 0 N–H and O–H groups in total. The van der Waals surface area contributed by atoms with Gasteiger partial charge in [0.05, 0.1) is 0 Å². The fourth-order valence-corrected chi connectivity index (χ4v) is 12.3. The first kappa shape index (κ1) is 33.1. The third kappa shape index (κ3) is 18.1. The average molecular weight is 605 g/mol. The SMILES string of the molecule is CCC[CH2][Sn]([CH2]CCC)([O]C(=O)C=CC(=O)OCCN(C)C)[O]C(=O)C=CC(=O)OCCN(C)C. The van der Waals surface area contributed by atoms with Crippen molar-refractivity contribution in [2.24, 2.45) is 0 Å². The first-order chi connectivity index (χ1) is 16.5. The average Bonchev–Trinajstić information content (AvgIpc) is 2.78. The van der Waals surface area contributed by atoms with Gasteiger partial charge in [0.2, 0.25) is 0 Å². The minimum absolute atomic E-state index is 0.197. The molecule has 0 saturated heterocycles. The van der Waals surface area contributed by atoms with E-state index in [0.717, 1.165) is 50.0 Å². The van der Waals surface area contributed by atoms with Crippen LogP contribution in [0.5, 0.6) is 0 Å². The Morgan fingerprint density at radius 2 is 0.971 bits per heavy atom. The number of hydrogen-bond donors (Lipinski definition) is 0. The van der Waals surface area contributed by atoms with Crippen molar-refractivity contribution in [1.82, 2.24) is 9.80 Å². The predicted octanol–water partition coefficient (Wildman–Crippen LogP) is 2.44. The normalized spacial score (nSPS) is 11.9. The number of unbranched alkanes of at least 4 members (excludes halogenated alkanes) is 2. The molecule has 0 saturated carbocycles. The molecule has 0 aromatic carbocycles. The van der Waals surface area contributed by atoms with Crippen molar-refractivity contribution in [3.8, 4) is 0 Å². The fourth-order valence-electron chi connectivity index (χ4n) is 2.70. The van der Waals surface area contributed by atoms with E-state index in [4.69, 9.17) is 15.6 Å². The molecule has 0 unspecified atom stereocenters. The van der Waals surface area contributed by atoms with E-state index >= 15 is 0 Å². The number of esters is 2. The second-order valence-electron chi connectivity index (χ2n) is 8.57. The van der Waals surface area contributed by atoms with Crippen molar-refractivity contribution < 1.29 is 34.8 Å². The third-order valence-corrected chi connectivity index (χ3v) is 14.3. The van der Waals surface area contributed by atoms with Crippen LogP contribution in [-0.2, 0) is 34.8 Å².